The average molecular weight is 424 g/mol. The summed E-state index contributed by atoms with van der Waals surface area (Å²) in [5, 5.41) is 27.8. The van der Waals surface area contributed by atoms with E-state index < -0.39 is 17.7 Å². The van der Waals surface area contributed by atoms with Crippen molar-refractivity contribution < 1.29 is 23.4 Å². The predicted molar refractivity (Wildman–Crippen MR) is 104 cm³/mol. The van der Waals surface area contributed by atoms with Crippen LogP contribution in [0.1, 0.15) is 13.3 Å². The molecule has 0 spiro atoms. The molecule has 2 aromatic heterocycles. The van der Waals surface area contributed by atoms with Gasteiger partial charge in [-0.2, -0.15) is 22.8 Å². The Morgan fingerprint density at radius 2 is 1.93 bits per heavy atom. The number of alkyl halides is 3. The van der Waals surface area contributed by atoms with Gasteiger partial charge < -0.3 is 15.5 Å². The lowest BCUT2D eigenvalue weighted by Crippen LogP contribution is -2.35. The highest BCUT2D eigenvalue weighted by molar-refractivity contribution is 8.00. The normalized spacial score (nSPS) is 24.9. The SMILES string of the molecule is C[C@@H]1C[C@@H](Nc2ccnc3cc(-c4ccccc4SC(F)(F)F)nn23)[C@H](O)[C@@H]1O. The lowest BCUT2D eigenvalue weighted by molar-refractivity contribution is -0.0328. The molecule has 1 aromatic carbocycles. The van der Waals surface area contributed by atoms with Crippen LogP contribution in [0.4, 0.5) is 19.0 Å². The van der Waals surface area contributed by atoms with Crippen LogP contribution in [-0.2, 0) is 0 Å². The van der Waals surface area contributed by atoms with Gasteiger partial charge in [0.25, 0.3) is 0 Å². The van der Waals surface area contributed by atoms with Gasteiger partial charge in [0.05, 0.1) is 17.8 Å². The molecule has 1 aliphatic carbocycles. The van der Waals surface area contributed by atoms with E-state index in [1.165, 1.54) is 10.6 Å². The summed E-state index contributed by atoms with van der Waals surface area (Å²) in [4.78, 5) is 4.29. The summed E-state index contributed by atoms with van der Waals surface area (Å²) in [6.07, 6.45) is 0.392. The molecular formula is C19H19F3N4O2S. The number of aliphatic hydroxyl groups excluding tert-OH is 2. The Morgan fingerprint density at radius 3 is 2.62 bits per heavy atom. The molecule has 6 nitrogen and oxygen atoms in total. The molecule has 29 heavy (non-hydrogen) atoms. The summed E-state index contributed by atoms with van der Waals surface area (Å²) in [6.45, 7) is 1.86. The minimum atomic E-state index is -4.41. The van der Waals surface area contributed by atoms with Gasteiger partial charge in [-0.3, -0.25) is 0 Å². The quantitative estimate of drug-likeness (QED) is 0.556. The molecule has 4 rings (SSSR count). The summed E-state index contributed by atoms with van der Waals surface area (Å²) in [6, 6.07) is 9.11. The van der Waals surface area contributed by atoms with E-state index in [2.05, 4.69) is 15.4 Å². The number of benzene rings is 1. The maximum atomic E-state index is 12.9. The van der Waals surface area contributed by atoms with Crippen LogP contribution in [0.15, 0.2) is 47.5 Å². The van der Waals surface area contributed by atoms with Crippen LogP contribution in [0, 0.1) is 5.92 Å². The zero-order chi connectivity index (χ0) is 20.8. The molecule has 10 heteroatoms. The van der Waals surface area contributed by atoms with Crippen LogP contribution < -0.4 is 5.32 Å². The van der Waals surface area contributed by atoms with Gasteiger partial charge in [-0.1, -0.05) is 25.1 Å². The van der Waals surface area contributed by atoms with Gasteiger partial charge in [0.15, 0.2) is 5.65 Å². The number of halogens is 3. The standard InChI is InChI=1S/C19H19F3N4O2S/c1-10-8-13(18(28)17(10)27)24-15-6-7-23-16-9-12(25-26(15)16)11-4-2-3-5-14(11)29-19(20,21)22/h2-7,9-10,13,17-18,24,27-28H,8H2,1H3/t10-,13-,17-,18+/m1/s1. The Kier molecular flexibility index (Phi) is 5.18. The Hall–Kier alpha value is -2.30. The van der Waals surface area contributed by atoms with Crippen molar-refractivity contribution in [3.63, 3.8) is 0 Å². The van der Waals surface area contributed by atoms with E-state index in [1.807, 2.05) is 6.92 Å². The topological polar surface area (TPSA) is 82.7 Å². The molecular weight excluding hydrogens is 405 g/mol. The van der Waals surface area contributed by atoms with E-state index in [1.54, 1.807) is 36.5 Å². The number of thioether (sulfide) groups is 1. The fourth-order valence-electron chi connectivity index (χ4n) is 3.62. The van der Waals surface area contributed by atoms with Crippen LogP contribution in [0.5, 0.6) is 0 Å². The van der Waals surface area contributed by atoms with Crippen molar-refractivity contribution in [1.29, 1.82) is 0 Å². The van der Waals surface area contributed by atoms with E-state index in [0.29, 0.717) is 29.1 Å². The Bertz CT molecular complexity index is 1030. The summed E-state index contributed by atoms with van der Waals surface area (Å²) in [5.74, 6) is 0.479. The number of aromatic nitrogens is 3. The third-order valence-electron chi connectivity index (χ3n) is 5.05. The van der Waals surface area contributed by atoms with E-state index in [4.69, 9.17) is 0 Å². The van der Waals surface area contributed by atoms with Gasteiger partial charge in [0, 0.05) is 22.7 Å². The second kappa shape index (κ2) is 7.51. The first-order valence-corrected chi connectivity index (χ1v) is 9.87. The fourth-order valence-corrected chi connectivity index (χ4v) is 4.29. The van der Waals surface area contributed by atoms with Crippen LogP contribution in [0.3, 0.4) is 0 Å². The number of hydrogen-bond acceptors (Lipinski definition) is 6. The first-order valence-electron chi connectivity index (χ1n) is 9.05. The second-order valence-electron chi connectivity index (χ2n) is 7.12. The molecule has 3 N–H and O–H groups in total. The van der Waals surface area contributed by atoms with E-state index in [-0.39, 0.29) is 28.6 Å². The summed E-state index contributed by atoms with van der Waals surface area (Å²) in [7, 11) is 0. The molecule has 1 saturated carbocycles. The van der Waals surface area contributed by atoms with E-state index >= 15 is 0 Å². The maximum absolute atomic E-state index is 12.9. The third-order valence-corrected chi connectivity index (χ3v) is 5.86. The molecule has 154 valence electrons. The maximum Gasteiger partial charge on any atom is 0.446 e. The highest BCUT2D eigenvalue weighted by Crippen LogP contribution is 2.41. The summed E-state index contributed by atoms with van der Waals surface area (Å²) < 4.78 is 40.2. The van der Waals surface area contributed by atoms with Crippen LogP contribution in [0.25, 0.3) is 16.9 Å². The van der Waals surface area contributed by atoms with E-state index in [9.17, 15) is 23.4 Å². The minimum Gasteiger partial charge on any atom is -0.390 e. The van der Waals surface area contributed by atoms with Gasteiger partial charge in [-0.15, -0.1) is 0 Å². The first kappa shape index (κ1) is 20.0. The van der Waals surface area contributed by atoms with Gasteiger partial charge >= 0.3 is 5.51 Å². The monoisotopic (exact) mass is 424 g/mol. The van der Waals surface area contributed by atoms with Crippen LogP contribution in [-0.4, -0.2) is 48.6 Å². The Morgan fingerprint density at radius 1 is 1.17 bits per heavy atom. The minimum absolute atomic E-state index is 0.0562. The van der Waals surface area contributed by atoms with Crippen molar-refractivity contribution in [3.05, 3.63) is 42.6 Å². The van der Waals surface area contributed by atoms with Crippen LogP contribution in [0.2, 0.25) is 0 Å². The van der Waals surface area contributed by atoms with Crippen molar-refractivity contribution in [1.82, 2.24) is 14.6 Å². The van der Waals surface area contributed by atoms with Crippen molar-refractivity contribution in [2.45, 2.75) is 42.0 Å². The van der Waals surface area contributed by atoms with Crippen molar-refractivity contribution in [3.8, 4) is 11.3 Å². The van der Waals surface area contributed by atoms with E-state index in [0.717, 1.165) is 0 Å². The number of nitrogens with one attached hydrogen (secondary N) is 1. The van der Waals surface area contributed by atoms with Gasteiger partial charge in [-0.05, 0) is 36.2 Å². The second-order valence-corrected chi connectivity index (χ2v) is 8.23. The zero-order valence-electron chi connectivity index (χ0n) is 15.3. The lowest BCUT2D eigenvalue weighted by atomic mass is 10.1. The molecule has 0 aliphatic heterocycles. The third kappa shape index (κ3) is 4.05. The van der Waals surface area contributed by atoms with Crippen molar-refractivity contribution in [2.24, 2.45) is 5.92 Å². The molecule has 1 aliphatic rings. The highest BCUT2D eigenvalue weighted by atomic mass is 32.2. The first-order chi connectivity index (χ1) is 13.7. The van der Waals surface area contributed by atoms with Crippen molar-refractivity contribution in [2.75, 3.05) is 5.32 Å². The van der Waals surface area contributed by atoms with Crippen LogP contribution >= 0.6 is 11.8 Å². The van der Waals surface area contributed by atoms with Gasteiger partial charge in [0.1, 0.15) is 11.9 Å². The average Bonchev–Trinajstić information content (AvgIpc) is 3.19. The van der Waals surface area contributed by atoms with Crippen molar-refractivity contribution >= 4 is 23.2 Å². The molecule has 0 radical (unpaired) electrons. The van der Waals surface area contributed by atoms with Gasteiger partial charge in [-0.25, -0.2) is 4.98 Å². The largest absolute Gasteiger partial charge is 0.446 e. The molecule has 0 amide bonds. The Labute approximate surface area is 168 Å². The number of fused-ring (bicyclic) bond motifs is 1. The highest BCUT2D eigenvalue weighted by Gasteiger charge is 2.39. The molecule has 2 heterocycles. The number of anilines is 1. The Balaban J connectivity index is 1.69. The molecule has 0 unspecified atom stereocenters. The smallest absolute Gasteiger partial charge is 0.390 e. The molecule has 3 aromatic rings. The summed E-state index contributed by atoms with van der Waals surface area (Å²) in [5.41, 5.74) is -3.23. The molecule has 0 saturated heterocycles. The summed E-state index contributed by atoms with van der Waals surface area (Å²) >= 11 is -0.183. The zero-order valence-corrected chi connectivity index (χ0v) is 16.2. The molecule has 0 bridgehead atoms. The number of nitrogens with zero attached hydrogens (tertiary/aromatic N) is 3. The fraction of sp³-hybridized carbons (Fsp3) is 0.368. The molecule has 4 atom stereocenters. The number of hydrogen-bond donors (Lipinski definition) is 3. The predicted octanol–water partition coefficient (Wildman–Crippen LogP) is 3.55. The lowest BCUT2D eigenvalue weighted by Gasteiger charge is -2.19. The number of rotatable bonds is 4. The molecule has 1 fully saturated rings. The number of aliphatic hydroxyl groups is 2. The van der Waals surface area contributed by atoms with Gasteiger partial charge in [0.2, 0.25) is 0 Å².